The fraction of sp³-hybridized carbons (Fsp3) is 0.217. The van der Waals surface area contributed by atoms with Gasteiger partial charge in [0.15, 0.2) is 6.17 Å². The smallest absolute Gasteiger partial charge is 0.169 e. The van der Waals surface area contributed by atoms with Gasteiger partial charge in [0, 0.05) is 5.56 Å². The quantitative estimate of drug-likeness (QED) is 0.841. The first-order valence-electron chi connectivity index (χ1n) is 9.12. The van der Waals surface area contributed by atoms with Crippen molar-refractivity contribution in [1.29, 1.82) is 0 Å². The molecule has 0 spiro atoms. The number of hydrogen-bond donors (Lipinski definition) is 1. The van der Waals surface area contributed by atoms with Gasteiger partial charge in [0.1, 0.15) is 11.7 Å². The normalized spacial score (nSPS) is 22.2. The molecule has 3 heteroatoms. The van der Waals surface area contributed by atoms with Gasteiger partial charge in [-0.05, 0) is 36.5 Å². The minimum atomic E-state index is -0.220. The Balaban J connectivity index is 1.77. The minimum absolute atomic E-state index is 0.220. The predicted octanol–water partition coefficient (Wildman–Crippen LogP) is 4.96. The van der Waals surface area contributed by atoms with Gasteiger partial charge in [0.2, 0.25) is 0 Å². The third kappa shape index (κ3) is 3.38. The Morgan fingerprint density at radius 2 is 1.77 bits per heavy atom. The highest BCUT2D eigenvalue weighted by Gasteiger charge is 2.24. The van der Waals surface area contributed by atoms with Crippen molar-refractivity contribution in [3.63, 3.8) is 0 Å². The number of nitrogens with one attached hydrogen (secondary N) is 1. The Hall–Kier alpha value is -2.94. The molecule has 1 heterocycles. The third-order valence-corrected chi connectivity index (χ3v) is 4.83. The zero-order chi connectivity index (χ0) is 17.9. The average molecular weight is 341 g/mol. The standard InChI is InChI=1S/C23H23N3/c1-16-9-8-13-19(15-16)22-24-21(18-11-4-3-5-12-18)25-23(26-22)20-14-7-6-10-17(20)2/h3-9,11-15,17,21H,10H2,1-2H3,(H,24,25,26). The van der Waals surface area contributed by atoms with Crippen LogP contribution in [0.1, 0.15) is 36.2 Å². The number of hydrogen-bond acceptors (Lipinski definition) is 3. The second-order valence-electron chi connectivity index (χ2n) is 6.92. The Morgan fingerprint density at radius 1 is 0.962 bits per heavy atom. The number of benzene rings is 2. The van der Waals surface area contributed by atoms with Gasteiger partial charge < -0.3 is 5.32 Å². The first-order chi connectivity index (χ1) is 12.7. The lowest BCUT2D eigenvalue weighted by molar-refractivity contribution is 0.695. The van der Waals surface area contributed by atoms with Crippen LogP contribution in [-0.4, -0.2) is 11.7 Å². The summed E-state index contributed by atoms with van der Waals surface area (Å²) in [5, 5.41) is 3.49. The summed E-state index contributed by atoms with van der Waals surface area (Å²) in [6.45, 7) is 4.35. The van der Waals surface area contributed by atoms with E-state index < -0.39 is 0 Å². The third-order valence-electron chi connectivity index (χ3n) is 4.83. The van der Waals surface area contributed by atoms with E-state index in [1.54, 1.807) is 0 Å². The Kier molecular flexibility index (Phi) is 4.53. The summed E-state index contributed by atoms with van der Waals surface area (Å²) in [5.41, 5.74) is 4.67. The molecule has 2 aromatic rings. The topological polar surface area (TPSA) is 36.8 Å². The monoisotopic (exact) mass is 341 g/mol. The van der Waals surface area contributed by atoms with E-state index in [4.69, 9.17) is 9.98 Å². The number of amidine groups is 2. The number of rotatable bonds is 3. The molecule has 0 saturated heterocycles. The summed E-state index contributed by atoms with van der Waals surface area (Å²) in [5.74, 6) is 2.26. The molecule has 1 N–H and O–H groups in total. The fourth-order valence-electron chi connectivity index (χ4n) is 3.37. The lowest BCUT2D eigenvalue weighted by atomic mass is 9.92. The number of aryl methyl sites for hydroxylation is 1. The van der Waals surface area contributed by atoms with Crippen molar-refractivity contribution < 1.29 is 0 Å². The summed E-state index contributed by atoms with van der Waals surface area (Å²) in [6.07, 6.45) is 7.32. The van der Waals surface area contributed by atoms with Crippen molar-refractivity contribution in [2.75, 3.05) is 0 Å². The van der Waals surface area contributed by atoms with Crippen molar-refractivity contribution in [2.45, 2.75) is 26.4 Å². The van der Waals surface area contributed by atoms with Crippen molar-refractivity contribution in [2.24, 2.45) is 15.9 Å². The van der Waals surface area contributed by atoms with E-state index in [0.717, 1.165) is 29.2 Å². The van der Waals surface area contributed by atoms with Crippen LogP contribution in [0.15, 0.2) is 88.4 Å². The molecule has 2 unspecified atom stereocenters. The molecule has 0 saturated carbocycles. The molecule has 1 aliphatic heterocycles. The molecule has 0 radical (unpaired) electrons. The number of allylic oxidation sites excluding steroid dienone is 3. The largest absolute Gasteiger partial charge is 0.325 e. The van der Waals surface area contributed by atoms with Crippen LogP contribution >= 0.6 is 0 Å². The van der Waals surface area contributed by atoms with Crippen LogP contribution in [0.25, 0.3) is 0 Å². The molecule has 3 nitrogen and oxygen atoms in total. The highest BCUT2D eigenvalue weighted by molar-refractivity contribution is 6.16. The van der Waals surface area contributed by atoms with Gasteiger partial charge in [-0.15, -0.1) is 0 Å². The highest BCUT2D eigenvalue weighted by Crippen LogP contribution is 2.27. The fourth-order valence-corrected chi connectivity index (χ4v) is 3.37. The molecular weight excluding hydrogens is 318 g/mol. The highest BCUT2D eigenvalue weighted by atomic mass is 15.2. The Labute approximate surface area is 154 Å². The zero-order valence-corrected chi connectivity index (χ0v) is 15.2. The maximum atomic E-state index is 4.94. The van der Waals surface area contributed by atoms with E-state index in [2.05, 4.69) is 73.8 Å². The average Bonchev–Trinajstić information content (AvgIpc) is 2.69. The van der Waals surface area contributed by atoms with E-state index in [-0.39, 0.29) is 6.17 Å². The molecule has 2 aromatic carbocycles. The maximum absolute atomic E-state index is 4.94. The van der Waals surface area contributed by atoms with Gasteiger partial charge in [-0.1, -0.05) is 79.2 Å². The van der Waals surface area contributed by atoms with Crippen LogP contribution < -0.4 is 5.32 Å². The first kappa shape index (κ1) is 16.5. The van der Waals surface area contributed by atoms with Crippen LogP contribution in [0.4, 0.5) is 0 Å². The summed E-state index contributed by atoms with van der Waals surface area (Å²) < 4.78 is 0. The lowest BCUT2D eigenvalue weighted by Gasteiger charge is -2.26. The SMILES string of the molecule is Cc1cccc(C2=NC(c3ccccc3)N=C(C3=CC=CCC3C)N2)c1. The zero-order valence-electron chi connectivity index (χ0n) is 15.2. The molecule has 0 fully saturated rings. The summed E-state index contributed by atoms with van der Waals surface area (Å²) >= 11 is 0. The van der Waals surface area contributed by atoms with E-state index in [1.807, 2.05) is 18.2 Å². The molecule has 26 heavy (non-hydrogen) atoms. The van der Waals surface area contributed by atoms with Gasteiger partial charge in [0.05, 0.1) is 0 Å². The summed E-state index contributed by atoms with van der Waals surface area (Å²) in [6, 6.07) is 18.7. The van der Waals surface area contributed by atoms with Crippen LogP contribution in [0.3, 0.4) is 0 Å². The van der Waals surface area contributed by atoms with Crippen molar-refractivity contribution in [3.05, 3.63) is 95.1 Å². The molecule has 0 amide bonds. The second kappa shape index (κ2) is 7.12. The summed E-state index contributed by atoms with van der Waals surface area (Å²) in [4.78, 5) is 9.85. The molecule has 0 aromatic heterocycles. The maximum Gasteiger partial charge on any atom is 0.169 e. The van der Waals surface area contributed by atoms with Gasteiger partial charge in [-0.2, -0.15) is 0 Å². The lowest BCUT2D eigenvalue weighted by Crippen LogP contribution is -2.38. The van der Waals surface area contributed by atoms with Gasteiger partial charge >= 0.3 is 0 Å². The Bertz CT molecular complexity index is 919. The van der Waals surface area contributed by atoms with E-state index in [0.29, 0.717) is 5.92 Å². The van der Waals surface area contributed by atoms with E-state index in [9.17, 15) is 0 Å². The molecule has 2 aliphatic rings. The molecule has 130 valence electrons. The van der Waals surface area contributed by atoms with Crippen molar-refractivity contribution in [3.8, 4) is 0 Å². The van der Waals surface area contributed by atoms with E-state index >= 15 is 0 Å². The molecule has 2 atom stereocenters. The molecule has 1 aliphatic carbocycles. The predicted molar refractivity (Wildman–Crippen MR) is 108 cm³/mol. The first-order valence-corrected chi connectivity index (χ1v) is 9.12. The van der Waals surface area contributed by atoms with Crippen LogP contribution in [-0.2, 0) is 0 Å². The minimum Gasteiger partial charge on any atom is -0.325 e. The van der Waals surface area contributed by atoms with Crippen LogP contribution in [0.5, 0.6) is 0 Å². The van der Waals surface area contributed by atoms with Gasteiger partial charge in [0.25, 0.3) is 0 Å². The number of nitrogens with zero attached hydrogens (tertiary/aromatic N) is 2. The van der Waals surface area contributed by atoms with Gasteiger partial charge in [-0.25, -0.2) is 9.98 Å². The van der Waals surface area contributed by atoms with Crippen molar-refractivity contribution in [1.82, 2.24) is 5.32 Å². The molecular formula is C23H23N3. The van der Waals surface area contributed by atoms with E-state index in [1.165, 1.54) is 11.1 Å². The Morgan fingerprint density at radius 3 is 2.54 bits per heavy atom. The molecule has 0 bridgehead atoms. The number of aliphatic imine (C=N–C) groups is 2. The summed E-state index contributed by atoms with van der Waals surface area (Å²) in [7, 11) is 0. The van der Waals surface area contributed by atoms with Gasteiger partial charge in [-0.3, -0.25) is 0 Å². The molecule has 4 rings (SSSR count). The van der Waals surface area contributed by atoms with Crippen molar-refractivity contribution >= 4 is 11.7 Å². The van der Waals surface area contributed by atoms with Crippen LogP contribution in [0.2, 0.25) is 0 Å². The van der Waals surface area contributed by atoms with Crippen LogP contribution in [0, 0.1) is 12.8 Å². The second-order valence-corrected chi connectivity index (χ2v) is 6.92.